The molecule has 0 aliphatic carbocycles. The molecule has 0 heterocycles. The third kappa shape index (κ3) is 6.18. The highest BCUT2D eigenvalue weighted by Crippen LogP contribution is 2.35. The Labute approximate surface area is 155 Å². The van der Waals surface area contributed by atoms with E-state index in [-0.39, 0.29) is 13.1 Å². The van der Waals surface area contributed by atoms with E-state index in [1.807, 2.05) is 41.7 Å². The number of hydrogen-bond donors (Lipinski definition) is 2. The second-order valence-electron chi connectivity index (χ2n) is 5.73. The van der Waals surface area contributed by atoms with E-state index in [0.717, 1.165) is 16.7 Å². The third-order valence-corrected chi connectivity index (χ3v) is 3.78. The quantitative estimate of drug-likeness (QED) is 0.737. The minimum Gasteiger partial charge on any atom is -0.493 e. The van der Waals surface area contributed by atoms with Gasteiger partial charge in [0.25, 0.3) is 0 Å². The number of carbonyl (C=O) groups excluding carboxylic acids is 1. The maximum atomic E-state index is 12.1. The van der Waals surface area contributed by atoms with Gasteiger partial charge in [0.1, 0.15) is 6.54 Å². The first kappa shape index (κ1) is 20.6. The summed E-state index contributed by atoms with van der Waals surface area (Å²) >= 11 is 0. The molecule has 0 atom stereocenters. The molecule has 0 saturated carbocycles. The number of ether oxygens (including phenoxy) is 2. The second kappa shape index (κ2) is 9.27. The minimum absolute atomic E-state index is 0.237. The van der Waals surface area contributed by atoms with Crippen LogP contribution in [0.25, 0.3) is 11.1 Å². The molecule has 0 spiro atoms. The van der Waals surface area contributed by atoms with E-state index in [9.17, 15) is 18.0 Å². The molecular formula is C19H21F3N2O3. The lowest BCUT2D eigenvalue weighted by Gasteiger charge is -2.16. The van der Waals surface area contributed by atoms with Crippen LogP contribution < -0.4 is 20.1 Å². The zero-order valence-corrected chi connectivity index (χ0v) is 15.0. The number of hydrogen-bond acceptors (Lipinski definition) is 4. The molecule has 2 N–H and O–H groups in total. The smallest absolute Gasteiger partial charge is 0.405 e. The lowest BCUT2D eigenvalue weighted by atomic mass is 9.98. The Morgan fingerprint density at radius 1 is 1.04 bits per heavy atom. The molecule has 2 aromatic rings. The molecular weight excluding hydrogens is 361 g/mol. The average molecular weight is 382 g/mol. The van der Waals surface area contributed by atoms with Crippen LogP contribution in [0.2, 0.25) is 0 Å². The maximum Gasteiger partial charge on any atom is 0.405 e. The Balaban J connectivity index is 2.14. The molecule has 2 rings (SSSR count). The van der Waals surface area contributed by atoms with Gasteiger partial charge in [-0.3, -0.25) is 4.79 Å². The van der Waals surface area contributed by atoms with Crippen LogP contribution >= 0.6 is 0 Å². The van der Waals surface area contributed by atoms with Gasteiger partial charge < -0.3 is 20.1 Å². The van der Waals surface area contributed by atoms with Crippen molar-refractivity contribution in [3.05, 3.63) is 48.0 Å². The van der Waals surface area contributed by atoms with Crippen LogP contribution in [0.1, 0.15) is 5.56 Å². The van der Waals surface area contributed by atoms with E-state index in [4.69, 9.17) is 9.47 Å². The van der Waals surface area contributed by atoms with Gasteiger partial charge in [-0.15, -0.1) is 0 Å². The summed E-state index contributed by atoms with van der Waals surface area (Å²) in [6.07, 6.45) is -4.43. The van der Waals surface area contributed by atoms with Crippen molar-refractivity contribution < 1.29 is 27.4 Å². The molecule has 0 bridgehead atoms. The highest BCUT2D eigenvalue weighted by Gasteiger charge is 2.27. The molecule has 2 aromatic carbocycles. The molecule has 0 unspecified atom stereocenters. The van der Waals surface area contributed by atoms with E-state index < -0.39 is 18.6 Å². The first-order valence-electron chi connectivity index (χ1n) is 8.18. The van der Waals surface area contributed by atoms with Gasteiger partial charge in [-0.05, 0) is 28.8 Å². The Kier molecular flexibility index (Phi) is 7.06. The van der Waals surface area contributed by atoms with Crippen molar-refractivity contribution in [1.82, 2.24) is 10.6 Å². The molecule has 0 fully saturated rings. The van der Waals surface area contributed by atoms with Crippen molar-refractivity contribution in [2.45, 2.75) is 12.7 Å². The van der Waals surface area contributed by atoms with E-state index in [1.54, 1.807) is 6.07 Å². The van der Waals surface area contributed by atoms with Crippen LogP contribution in [0.15, 0.2) is 42.5 Å². The largest absolute Gasteiger partial charge is 0.493 e. The van der Waals surface area contributed by atoms with Crippen LogP contribution in [0.4, 0.5) is 13.2 Å². The minimum atomic E-state index is -4.43. The molecule has 0 aromatic heterocycles. The molecule has 8 heteroatoms. The van der Waals surface area contributed by atoms with Crippen LogP contribution in [-0.2, 0) is 11.3 Å². The topological polar surface area (TPSA) is 59.6 Å². The molecule has 0 aliphatic heterocycles. The highest BCUT2D eigenvalue weighted by molar-refractivity contribution is 5.78. The number of carbonyl (C=O) groups is 1. The summed E-state index contributed by atoms with van der Waals surface area (Å²) in [5, 5.41) is 4.69. The number of nitrogens with one attached hydrogen (secondary N) is 2. The second-order valence-corrected chi connectivity index (χ2v) is 5.73. The van der Waals surface area contributed by atoms with Crippen LogP contribution in [-0.4, -0.2) is 39.4 Å². The van der Waals surface area contributed by atoms with Gasteiger partial charge >= 0.3 is 6.18 Å². The predicted octanol–water partition coefficient (Wildman–Crippen LogP) is 3.14. The van der Waals surface area contributed by atoms with E-state index in [0.29, 0.717) is 11.5 Å². The SMILES string of the molecule is COc1cc(CNCC(=O)NCC(F)(F)F)c(-c2ccccc2)cc1OC. The van der Waals surface area contributed by atoms with Gasteiger partial charge in [0.15, 0.2) is 11.5 Å². The lowest BCUT2D eigenvalue weighted by Crippen LogP contribution is -2.39. The van der Waals surface area contributed by atoms with Gasteiger partial charge in [-0.25, -0.2) is 0 Å². The van der Waals surface area contributed by atoms with E-state index in [2.05, 4.69) is 5.32 Å². The third-order valence-electron chi connectivity index (χ3n) is 3.78. The fourth-order valence-electron chi connectivity index (χ4n) is 2.53. The van der Waals surface area contributed by atoms with Gasteiger partial charge in [0, 0.05) is 6.54 Å². The van der Waals surface area contributed by atoms with Gasteiger partial charge in [-0.2, -0.15) is 13.2 Å². The number of alkyl halides is 3. The Hall–Kier alpha value is -2.74. The highest BCUT2D eigenvalue weighted by atomic mass is 19.4. The number of rotatable bonds is 8. The Bertz CT molecular complexity index is 765. The van der Waals surface area contributed by atoms with E-state index in [1.165, 1.54) is 14.2 Å². The number of halogens is 3. The zero-order valence-electron chi connectivity index (χ0n) is 15.0. The summed E-state index contributed by atoms with van der Waals surface area (Å²) in [6.45, 7) is -1.32. The van der Waals surface area contributed by atoms with Crippen molar-refractivity contribution >= 4 is 5.91 Å². The Morgan fingerprint density at radius 3 is 2.26 bits per heavy atom. The molecule has 5 nitrogen and oxygen atoms in total. The van der Waals surface area contributed by atoms with Crippen molar-refractivity contribution in [3.63, 3.8) is 0 Å². The molecule has 1 amide bonds. The van der Waals surface area contributed by atoms with Gasteiger partial charge in [0.05, 0.1) is 20.8 Å². The van der Waals surface area contributed by atoms with Gasteiger partial charge in [-0.1, -0.05) is 30.3 Å². The Morgan fingerprint density at radius 2 is 1.67 bits per heavy atom. The molecule has 0 saturated heterocycles. The summed E-state index contributed by atoms with van der Waals surface area (Å²) in [5.41, 5.74) is 2.63. The average Bonchev–Trinajstić information content (AvgIpc) is 2.66. The summed E-state index contributed by atoms with van der Waals surface area (Å²) in [4.78, 5) is 11.5. The zero-order chi connectivity index (χ0) is 19.9. The van der Waals surface area contributed by atoms with E-state index >= 15 is 0 Å². The van der Waals surface area contributed by atoms with Crippen molar-refractivity contribution in [2.24, 2.45) is 0 Å². The molecule has 0 aliphatic rings. The summed E-state index contributed by atoms with van der Waals surface area (Å²) in [7, 11) is 3.05. The standard InChI is InChI=1S/C19H21F3N2O3/c1-26-16-8-14(10-23-11-18(25)24-12-19(20,21)22)15(9-17(16)27-2)13-6-4-3-5-7-13/h3-9,23H,10-12H2,1-2H3,(H,24,25). The van der Waals surface area contributed by atoms with Crippen LogP contribution in [0.5, 0.6) is 11.5 Å². The summed E-state index contributed by atoms with van der Waals surface area (Å²) in [6, 6.07) is 13.2. The maximum absolute atomic E-state index is 12.1. The number of methoxy groups -OCH3 is 2. The molecule has 27 heavy (non-hydrogen) atoms. The fraction of sp³-hybridized carbons (Fsp3) is 0.316. The molecule has 0 radical (unpaired) electrons. The van der Waals surface area contributed by atoms with Crippen LogP contribution in [0, 0.1) is 0 Å². The van der Waals surface area contributed by atoms with Crippen molar-refractivity contribution in [1.29, 1.82) is 0 Å². The summed E-state index contributed by atoms with van der Waals surface area (Å²) < 4.78 is 47.1. The van der Waals surface area contributed by atoms with Crippen molar-refractivity contribution in [2.75, 3.05) is 27.3 Å². The first-order valence-corrected chi connectivity index (χ1v) is 8.18. The van der Waals surface area contributed by atoms with Crippen molar-refractivity contribution in [3.8, 4) is 22.6 Å². The number of benzene rings is 2. The molecule has 146 valence electrons. The predicted molar refractivity (Wildman–Crippen MR) is 95.8 cm³/mol. The van der Waals surface area contributed by atoms with Gasteiger partial charge in [0.2, 0.25) is 5.91 Å². The summed E-state index contributed by atoms with van der Waals surface area (Å²) in [5.74, 6) is 0.354. The normalized spacial score (nSPS) is 11.1. The monoisotopic (exact) mass is 382 g/mol. The number of amides is 1. The fourth-order valence-corrected chi connectivity index (χ4v) is 2.53. The van der Waals surface area contributed by atoms with Crippen LogP contribution in [0.3, 0.4) is 0 Å². The first-order chi connectivity index (χ1) is 12.8. The lowest BCUT2D eigenvalue weighted by molar-refractivity contribution is -0.137.